The number of aryl methyl sites for hydroxylation is 1. The number of unbranched alkanes of at least 4 members (excludes halogenated alkanes) is 9. The summed E-state index contributed by atoms with van der Waals surface area (Å²) in [6.07, 6.45) is 14.2. The third-order valence-electron chi connectivity index (χ3n) is 4.35. The molecule has 0 fully saturated rings. The Kier molecular flexibility index (Phi) is 13.5. The largest absolute Gasteiger partial charge is 0.427 e. The van der Waals surface area contributed by atoms with E-state index < -0.39 is 0 Å². The summed E-state index contributed by atoms with van der Waals surface area (Å²) < 4.78 is 5.32. The molecule has 0 atom stereocenters. The summed E-state index contributed by atoms with van der Waals surface area (Å²) in [4.78, 5) is 11.8. The van der Waals surface area contributed by atoms with E-state index in [1.807, 2.05) is 43.0 Å². The molecule has 0 aromatic heterocycles. The summed E-state index contributed by atoms with van der Waals surface area (Å²) in [5.41, 5.74) is 1.17. The van der Waals surface area contributed by atoms with Gasteiger partial charge in [-0.2, -0.15) is 11.8 Å². The fraction of sp³-hybridized carbons (Fsp3) is 0.682. The van der Waals surface area contributed by atoms with Crippen molar-refractivity contribution in [1.82, 2.24) is 0 Å². The third kappa shape index (κ3) is 13.0. The van der Waals surface area contributed by atoms with E-state index in [4.69, 9.17) is 4.74 Å². The number of hydrogen-bond donors (Lipinski definition) is 0. The van der Waals surface area contributed by atoms with Crippen LogP contribution in [-0.4, -0.2) is 17.5 Å². The van der Waals surface area contributed by atoms with Gasteiger partial charge in [-0.05, 0) is 31.2 Å². The van der Waals surface area contributed by atoms with Crippen molar-refractivity contribution in [2.45, 2.75) is 84.5 Å². The highest BCUT2D eigenvalue weighted by Gasteiger charge is 2.04. The summed E-state index contributed by atoms with van der Waals surface area (Å²) in [5.74, 6) is 2.55. The zero-order chi connectivity index (χ0) is 18.2. The van der Waals surface area contributed by atoms with Crippen molar-refractivity contribution in [2.24, 2.45) is 0 Å². The Bertz CT molecular complexity index is 442. The van der Waals surface area contributed by atoms with Gasteiger partial charge in [-0.3, -0.25) is 4.79 Å². The van der Waals surface area contributed by atoms with E-state index in [1.54, 1.807) is 0 Å². The number of rotatable bonds is 15. The molecule has 0 saturated carbocycles. The van der Waals surface area contributed by atoms with Gasteiger partial charge >= 0.3 is 5.97 Å². The predicted molar refractivity (Wildman–Crippen MR) is 111 cm³/mol. The molecule has 2 nitrogen and oxygen atoms in total. The highest BCUT2D eigenvalue weighted by Crippen LogP contribution is 2.15. The van der Waals surface area contributed by atoms with Gasteiger partial charge in [-0.25, -0.2) is 0 Å². The molecular weight excluding hydrogens is 328 g/mol. The van der Waals surface area contributed by atoms with Crippen molar-refractivity contribution in [3.63, 3.8) is 0 Å². The SMILES string of the molecule is CCCCCCCCCCCCSCCC(=O)Oc1ccc(C)cc1. The van der Waals surface area contributed by atoms with Crippen molar-refractivity contribution in [3.05, 3.63) is 29.8 Å². The summed E-state index contributed by atoms with van der Waals surface area (Å²) in [7, 11) is 0. The second kappa shape index (κ2) is 15.3. The maximum atomic E-state index is 11.8. The first-order valence-electron chi connectivity index (χ1n) is 10.1. The van der Waals surface area contributed by atoms with Gasteiger partial charge < -0.3 is 4.74 Å². The zero-order valence-corrected chi connectivity index (χ0v) is 17.0. The molecular formula is C22H36O2S. The highest BCUT2D eigenvalue weighted by molar-refractivity contribution is 7.99. The zero-order valence-electron chi connectivity index (χ0n) is 16.2. The maximum Gasteiger partial charge on any atom is 0.312 e. The van der Waals surface area contributed by atoms with Crippen LogP contribution in [0.4, 0.5) is 0 Å². The molecule has 0 unspecified atom stereocenters. The molecule has 0 aliphatic carbocycles. The van der Waals surface area contributed by atoms with Crippen molar-refractivity contribution >= 4 is 17.7 Å². The average molecular weight is 365 g/mol. The summed E-state index contributed by atoms with van der Waals surface area (Å²) in [5, 5.41) is 0. The highest BCUT2D eigenvalue weighted by atomic mass is 32.2. The molecule has 3 heteroatoms. The molecule has 0 heterocycles. The first-order valence-corrected chi connectivity index (χ1v) is 11.2. The Balaban J connectivity index is 1.85. The van der Waals surface area contributed by atoms with Crippen molar-refractivity contribution < 1.29 is 9.53 Å². The number of ether oxygens (including phenoxy) is 1. The van der Waals surface area contributed by atoms with Crippen molar-refractivity contribution in [3.8, 4) is 5.75 Å². The van der Waals surface area contributed by atoms with Gasteiger partial charge in [0.2, 0.25) is 0 Å². The summed E-state index contributed by atoms with van der Waals surface area (Å²) in [6, 6.07) is 7.62. The van der Waals surface area contributed by atoms with Crippen molar-refractivity contribution in [1.29, 1.82) is 0 Å². The number of esters is 1. The lowest BCUT2D eigenvalue weighted by molar-refractivity contribution is -0.133. The van der Waals surface area contributed by atoms with E-state index in [0.717, 1.165) is 11.5 Å². The van der Waals surface area contributed by atoms with Crippen LogP contribution >= 0.6 is 11.8 Å². The van der Waals surface area contributed by atoms with Gasteiger partial charge in [0.1, 0.15) is 5.75 Å². The minimum atomic E-state index is -0.126. The van der Waals surface area contributed by atoms with Crippen LogP contribution in [0, 0.1) is 6.92 Å². The molecule has 0 spiro atoms. The minimum absolute atomic E-state index is 0.126. The van der Waals surface area contributed by atoms with Crippen LogP contribution in [0.15, 0.2) is 24.3 Å². The number of benzene rings is 1. The molecule has 25 heavy (non-hydrogen) atoms. The van der Waals surface area contributed by atoms with E-state index in [-0.39, 0.29) is 5.97 Å². The van der Waals surface area contributed by atoms with Crippen molar-refractivity contribution in [2.75, 3.05) is 11.5 Å². The number of thioether (sulfide) groups is 1. The van der Waals surface area contributed by atoms with Gasteiger partial charge in [0, 0.05) is 5.75 Å². The van der Waals surface area contributed by atoms with Gasteiger partial charge in [-0.15, -0.1) is 0 Å². The Morgan fingerprint density at radius 3 is 2.00 bits per heavy atom. The second-order valence-electron chi connectivity index (χ2n) is 6.83. The normalized spacial score (nSPS) is 10.8. The van der Waals surface area contributed by atoms with Crippen LogP contribution < -0.4 is 4.74 Å². The van der Waals surface area contributed by atoms with Crippen LogP contribution in [0.2, 0.25) is 0 Å². The van der Waals surface area contributed by atoms with Gasteiger partial charge in [-0.1, -0.05) is 82.4 Å². The molecule has 0 aliphatic rings. The van der Waals surface area contributed by atoms with Gasteiger partial charge in [0.25, 0.3) is 0 Å². The lowest BCUT2D eigenvalue weighted by Crippen LogP contribution is -2.08. The minimum Gasteiger partial charge on any atom is -0.427 e. The van der Waals surface area contributed by atoms with Crippen LogP contribution in [0.3, 0.4) is 0 Å². The molecule has 0 aliphatic heterocycles. The quantitative estimate of drug-likeness (QED) is 0.191. The lowest BCUT2D eigenvalue weighted by Gasteiger charge is -2.05. The molecule has 142 valence electrons. The van der Waals surface area contributed by atoms with E-state index in [0.29, 0.717) is 12.2 Å². The fourth-order valence-electron chi connectivity index (χ4n) is 2.74. The summed E-state index contributed by atoms with van der Waals surface area (Å²) in [6.45, 7) is 4.29. The topological polar surface area (TPSA) is 26.3 Å². The standard InChI is InChI=1S/C22H36O2S/c1-3-4-5-6-7-8-9-10-11-12-18-25-19-17-22(23)24-21-15-13-20(2)14-16-21/h13-16H,3-12,17-19H2,1-2H3. The molecule has 0 radical (unpaired) electrons. The maximum absolute atomic E-state index is 11.8. The van der Waals surface area contributed by atoms with Crippen LogP contribution in [0.5, 0.6) is 5.75 Å². The number of hydrogen-bond acceptors (Lipinski definition) is 3. The Labute approximate surface area is 159 Å². The molecule has 0 amide bonds. The van der Waals surface area contributed by atoms with E-state index >= 15 is 0 Å². The van der Waals surface area contributed by atoms with Gasteiger partial charge in [0.05, 0.1) is 6.42 Å². The average Bonchev–Trinajstić information content (AvgIpc) is 2.61. The first-order chi connectivity index (χ1) is 12.2. The summed E-state index contributed by atoms with van der Waals surface area (Å²) >= 11 is 1.87. The van der Waals surface area contributed by atoms with E-state index in [1.165, 1.54) is 69.8 Å². The molecule has 0 bridgehead atoms. The fourth-order valence-corrected chi connectivity index (χ4v) is 3.66. The van der Waals surface area contributed by atoms with Gasteiger partial charge in [0.15, 0.2) is 0 Å². The molecule has 0 saturated heterocycles. The van der Waals surface area contributed by atoms with E-state index in [9.17, 15) is 4.79 Å². The predicted octanol–water partition coefficient (Wildman–Crippen LogP) is 6.94. The van der Waals surface area contributed by atoms with E-state index in [2.05, 4.69) is 6.92 Å². The molecule has 1 aromatic rings. The van der Waals surface area contributed by atoms with Crippen LogP contribution in [0.25, 0.3) is 0 Å². The monoisotopic (exact) mass is 364 g/mol. The Hall–Kier alpha value is -0.960. The third-order valence-corrected chi connectivity index (χ3v) is 5.42. The molecule has 1 aromatic carbocycles. The Morgan fingerprint density at radius 1 is 0.840 bits per heavy atom. The van der Waals surface area contributed by atoms with Crippen LogP contribution in [0.1, 0.15) is 83.1 Å². The first kappa shape index (κ1) is 22.1. The number of carbonyl (C=O) groups is 1. The molecule has 1 rings (SSSR count). The second-order valence-corrected chi connectivity index (χ2v) is 8.06. The van der Waals surface area contributed by atoms with Crippen LogP contribution in [-0.2, 0) is 4.79 Å². The lowest BCUT2D eigenvalue weighted by atomic mass is 10.1. The molecule has 0 N–H and O–H groups in total. The number of carbonyl (C=O) groups excluding carboxylic acids is 1. The Morgan fingerprint density at radius 2 is 1.40 bits per heavy atom. The smallest absolute Gasteiger partial charge is 0.312 e.